The van der Waals surface area contributed by atoms with E-state index in [1.807, 2.05) is 0 Å². The first-order chi connectivity index (χ1) is 21.2. The van der Waals surface area contributed by atoms with Crippen LogP contribution in [0.1, 0.15) is 6.23 Å². The number of rotatable bonds is 10. The molecule has 0 aromatic carbocycles. The molecule has 0 bridgehead atoms. The number of hydrogen-bond donors (Lipinski definition) is 6. The predicted molar refractivity (Wildman–Crippen MR) is 137 cm³/mol. The minimum absolute atomic E-state index is 0.0140. The van der Waals surface area contributed by atoms with Crippen LogP contribution in [-0.4, -0.2) is 95.5 Å². The van der Waals surface area contributed by atoms with Gasteiger partial charge in [-0.25, -0.2) is 28.6 Å². The van der Waals surface area contributed by atoms with Gasteiger partial charge in [-0.15, -0.1) is 0 Å². The average Bonchev–Trinajstić information content (AvgIpc) is 3.58. The van der Waals surface area contributed by atoms with Crippen LogP contribution >= 0.6 is 23.5 Å². The zero-order valence-electron chi connectivity index (χ0n) is 21.8. The molecule has 2 unspecified atom stereocenters. The molecule has 6 atom stereocenters. The van der Waals surface area contributed by atoms with Crippen molar-refractivity contribution in [1.82, 2.24) is 19.5 Å². The summed E-state index contributed by atoms with van der Waals surface area (Å²) in [5.74, 6) is -3.13. The fraction of sp³-hybridized carbons (Fsp3) is 0.375. The van der Waals surface area contributed by atoms with Gasteiger partial charge in [-0.05, 0) is 0 Å². The monoisotopic (exact) mass is 718 g/mol. The molecule has 27 nitrogen and oxygen atoms in total. The van der Waals surface area contributed by atoms with E-state index in [4.69, 9.17) is 29.7 Å². The molecule has 0 amide bonds. The van der Waals surface area contributed by atoms with Crippen molar-refractivity contribution in [2.24, 2.45) is 0 Å². The van der Waals surface area contributed by atoms with Gasteiger partial charge in [0, 0.05) is 4.90 Å². The van der Waals surface area contributed by atoms with Crippen molar-refractivity contribution in [3.05, 3.63) is 61.6 Å². The number of phosphoric ester groups is 1. The predicted octanol–water partition coefficient (Wildman–Crippen LogP) is -1.20. The van der Waals surface area contributed by atoms with Crippen LogP contribution < -0.4 is 5.73 Å². The van der Waals surface area contributed by atoms with Gasteiger partial charge < -0.3 is 44.7 Å². The van der Waals surface area contributed by atoms with E-state index in [-0.39, 0.29) is 17.0 Å². The summed E-state index contributed by atoms with van der Waals surface area (Å²) in [4.78, 5) is 69.4. The highest BCUT2D eigenvalue weighted by Crippen LogP contribution is 2.66. The maximum absolute atomic E-state index is 12.4. The first-order valence-electron chi connectivity index (χ1n) is 11.7. The molecule has 1 spiro atoms. The Morgan fingerprint density at radius 3 is 2.13 bits per heavy atom. The smallest absolute Gasteiger partial charge is 0.417 e. The maximum atomic E-state index is 12.4. The summed E-state index contributed by atoms with van der Waals surface area (Å²) in [6.07, 6.45) is -3.72. The van der Waals surface area contributed by atoms with Crippen LogP contribution in [-0.2, 0) is 41.1 Å². The molecular weight excluding hydrogens is 701 g/mol. The molecule has 46 heavy (non-hydrogen) atoms. The lowest BCUT2D eigenvalue weighted by Gasteiger charge is -2.27. The minimum atomic E-state index is -5.94. The third-order valence-corrected chi connectivity index (χ3v) is 10.0. The molecule has 3 aliphatic rings. The highest BCUT2D eigenvalue weighted by molar-refractivity contribution is 7.66. The van der Waals surface area contributed by atoms with Gasteiger partial charge >= 0.3 is 40.6 Å². The van der Waals surface area contributed by atoms with E-state index < -0.39 is 92.3 Å². The van der Waals surface area contributed by atoms with Crippen LogP contribution in [0, 0.1) is 25.4 Å². The lowest BCUT2D eigenvalue weighted by Crippen LogP contribution is -2.46. The number of hydrogen-bond acceptors (Lipinski definition) is 19. The summed E-state index contributed by atoms with van der Waals surface area (Å²) in [7, 11) is -17.4. The van der Waals surface area contributed by atoms with E-state index >= 15 is 0 Å². The average molecular weight is 718 g/mol. The maximum Gasteiger partial charge on any atom is 0.490 e. The fourth-order valence-electron chi connectivity index (χ4n) is 4.61. The molecule has 2 aromatic rings. The quantitative estimate of drug-likeness (QED) is 0.0552. The molecule has 250 valence electrons. The fourth-order valence-corrected chi connectivity index (χ4v) is 7.64. The number of nitrogens with zero attached hydrogens (tertiary/aromatic N) is 7. The second-order valence-electron chi connectivity index (χ2n) is 9.09. The number of phosphoric acid groups is 3. The highest BCUT2D eigenvalue weighted by atomic mass is 31.3. The number of fused-ring (bicyclic) bond motifs is 2. The number of imidazole rings is 1. The van der Waals surface area contributed by atoms with Crippen molar-refractivity contribution < 1.29 is 80.6 Å². The van der Waals surface area contributed by atoms with Gasteiger partial charge in [-0.1, -0.05) is 0 Å². The van der Waals surface area contributed by atoms with Gasteiger partial charge in [0.2, 0.25) is 0 Å². The molecule has 7 N–H and O–H groups in total. The molecule has 4 heterocycles. The van der Waals surface area contributed by atoms with Crippen molar-refractivity contribution >= 4 is 46.2 Å². The van der Waals surface area contributed by atoms with Crippen molar-refractivity contribution in [3.8, 4) is 0 Å². The Morgan fingerprint density at radius 2 is 1.57 bits per heavy atom. The highest BCUT2D eigenvalue weighted by Gasteiger charge is 2.70. The van der Waals surface area contributed by atoms with Crippen LogP contribution in [0.5, 0.6) is 0 Å². The van der Waals surface area contributed by atoms with Crippen molar-refractivity contribution in [2.45, 2.75) is 30.3 Å². The Bertz CT molecular complexity index is 1830. The Labute approximate surface area is 251 Å². The van der Waals surface area contributed by atoms with Gasteiger partial charge in [0.25, 0.3) is 5.71 Å². The van der Waals surface area contributed by atoms with Gasteiger partial charge in [0.15, 0.2) is 17.7 Å². The number of nitrogens with two attached hydrogens (primary N) is 1. The zero-order valence-corrected chi connectivity index (χ0v) is 24.5. The normalized spacial score (nSPS) is 28.7. The molecular formula is C16H17N8O19P3. The van der Waals surface area contributed by atoms with Crippen LogP contribution in [0.3, 0.4) is 0 Å². The molecule has 0 radical (unpaired) electrons. The minimum Gasteiger partial charge on any atom is -0.417 e. The van der Waals surface area contributed by atoms with Gasteiger partial charge in [0.1, 0.15) is 30.2 Å². The summed E-state index contributed by atoms with van der Waals surface area (Å²) in [6.45, 7) is -1.19. The number of ether oxygens (including phenoxy) is 3. The first-order valence-corrected chi connectivity index (χ1v) is 16.2. The number of aromatic nitrogens is 4. The third kappa shape index (κ3) is 6.27. The molecule has 2 saturated heterocycles. The van der Waals surface area contributed by atoms with Gasteiger partial charge in [0.05, 0.1) is 34.9 Å². The number of anilines is 1. The van der Waals surface area contributed by atoms with Crippen LogP contribution in [0.2, 0.25) is 0 Å². The molecule has 0 saturated carbocycles. The van der Waals surface area contributed by atoms with E-state index in [1.165, 1.54) is 0 Å². The lowest BCUT2D eigenvalue weighted by atomic mass is 10.0. The SMILES string of the molecule is Nc1ncnc2c1ncn2[C@@H]1O[C@H](COP(=O)(O)OP(=O)(O)OP(=O)(O)O)[C@H]2OC3(O[C@H]21)C([N+](=O)[O-])=CC(=[N+]([O-])O)C=C3[N+](=O)[O-]. The van der Waals surface area contributed by atoms with Crippen molar-refractivity contribution in [1.29, 1.82) is 0 Å². The molecule has 5 rings (SSSR count). The number of nitrogen functional groups attached to an aromatic ring is 1. The largest absolute Gasteiger partial charge is 0.490 e. The van der Waals surface area contributed by atoms with E-state index in [1.54, 1.807) is 0 Å². The molecule has 1 aliphatic carbocycles. The topological polar surface area (TPSA) is 390 Å². The van der Waals surface area contributed by atoms with Crippen molar-refractivity contribution in [2.75, 3.05) is 12.3 Å². The molecule has 30 heteroatoms. The number of nitro groups is 2. The third-order valence-electron chi connectivity index (χ3n) is 6.23. The van der Waals surface area contributed by atoms with Gasteiger partial charge in [-0.3, -0.25) is 34.5 Å². The lowest BCUT2D eigenvalue weighted by molar-refractivity contribution is -0.725. The van der Waals surface area contributed by atoms with Gasteiger partial charge in [-0.2, -0.15) is 8.62 Å². The molecule has 2 fully saturated rings. The van der Waals surface area contributed by atoms with E-state index in [9.17, 15) is 54.1 Å². The second-order valence-corrected chi connectivity index (χ2v) is 13.5. The van der Waals surface area contributed by atoms with Crippen LogP contribution in [0.15, 0.2) is 36.2 Å². The summed E-state index contributed by atoms with van der Waals surface area (Å²) in [5.41, 5.74) is 2.28. The Kier molecular flexibility index (Phi) is 8.36. The van der Waals surface area contributed by atoms with Crippen molar-refractivity contribution in [3.63, 3.8) is 0 Å². The van der Waals surface area contributed by atoms with Crippen LogP contribution in [0.25, 0.3) is 11.2 Å². The Hall–Kier alpha value is -3.81. The summed E-state index contributed by atoms with van der Waals surface area (Å²) < 4.78 is 65.3. The standard InChI is InChI=1S/C16H17N8O19P3/c17-13-10-14(19-4-18-13)21(5-20-10)15-12-11(7(39-15)3-38-45(34,35)43-46(36,37)42-44(31,32)33)40-16(41-12)8(23(27)28)1-6(22(25)26)2-9(16)24(29)30/h1-2,4-5,7,11-12,15H,3H2,(H,25,26)(H,34,35)(H,36,37)(H2,17,18,19)(H2,31,32,33)/t7-,11-,12-,15-/m1/s1. The molecule has 2 aromatic heterocycles. The van der Waals surface area contributed by atoms with E-state index in [2.05, 4.69) is 28.1 Å². The summed E-state index contributed by atoms with van der Waals surface area (Å²) >= 11 is 0. The molecule has 2 aliphatic heterocycles. The summed E-state index contributed by atoms with van der Waals surface area (Å²) in [5, 5.41) is 44.9. The van der Waals surface area contributed by atoms with E-state index in [0.29, 0.717) is 12.2 Å². The van der Waals surface area contributed by atoms with Crippen LogP contribution in [0.4, 0.5) is 5.82 Å². The first kappa shape index (κ1) is 33.6. The number of allylic oxidation sites excluding steroid dienone is 2. The Morgan fingerprint density at radius 1 is 0.957 bits per heavy atom. The summed E-state index contributed by atoms with van der Waals surface area (Å²) in [6, 6.07) is 0. The second kappa shape index (κ2) is 11.5. The zero-order chi connectivity index (χ0) is 34.0. The van der Waals surface area contributed by atoms with E-state index in [0.717, 1.165) is 17.2 Å². The Balaban J connectivity index is 1.54.